The van der Waals surface area contributed by atoms with Crippen LogP contribution in [0.25, 0.3) is 10.9 Å². The third kappa shape index (κ3) is 3.41. The Bertz CT molecular complexity index is 909. The van der Waals surface area contributed by atoms with Gasteiger partial charge in [0.25, 0.3) is 5.56 Å². The lowest BCUT2D eigenvalue weighted by molar-refractivity contribution is 0.466. The molecule has 0 aliphatic heterocycles. The Labute approximate surface area is 142 Å². The Hall–Kier alpha value is -2.39. The quantitative estimate of drug-likeness (QED) is 0.749. The summed E-state index contributed by atoms with van der Waals surface area (Å²) in [6, 6.07) is 18.3. The van der Waals surface area contributed by atoms with Crippen molar-refractivity contribution < 1.29 is 0 Å². The maximum atomic E-state index is 12.2. The molecule has 1 aromatic heterocycles. The first-order valence-corrected chi connectivity index (χ1v) is 8.35. The number of hydrogen-bond acceptors (Lipinski definition) is 2. The van der Waals surface area contributed by atoms with E-state index >= 15 is 0 Å². The van der Waals surface area contributed by atoms with E-state index in [1.54, 1.807) is 0 Å². The van der Waals surface area contributed by atoms with Gasteiger partial charge in [0, 0.05) is 29.6 Å². The van der Waals surface area contributed by atoms with Crippen molar-refractivity contribution in [2.45, 2.75) is 32.7 Å². The topological polar surface area (TPSA) is 44.9 Å². The van der Waals surface area contributed by atoms with E-state index < -0.39 is 0 Å². The van der Waals surface area contributed by atoms with Crippen LogP contribution in [0.15, 0.2) is 59.4 Å². The van der Waals surface area contributed by atoms with Crippen LogP contribution >= 0.6 is 0 Å². The van der Waals surface area contributed by atoms with E-state index in [2.05, 4.69) is 55.3 Å². The number of aryl methyl sites for hydroxylation is 1. The molecule has 3 heteroatoms. The predicted octanol–water partition coefficient (Wildman–Crippen LogP) is 3.90. The Morgan fingerprint density at radius 1 is 1.04 bits per heavy atom. The molecule has 3 aromatic rings. The van der Waals surface area contributed by atoms with Crippen LogP contribution in [-0.4, -0.2) is 11.5 Å². The lowest BCUT2D eigenvalue weighted by Gasteiger charge is -2.27. The molecular weight excluding hydrogens is 296 g/mol. The van der Waals surface area contributed by atoms with Crippen LogP contribution in [0, 0.1) is 6.92 Å². The lowest BCUT2D eigenvalue weighted by Crippen LogP contribution is -2.34. The molecule has 0 amide bonds. The van der Waals surface area contributed by atoms with E-state index in [0.717, 1.165) is 23.0 Å². The number of rotatable bonds is 5. The summed E-state index contributed by atoms with van der Waals surface area (Å²) in [6.07, 6.45) is 0. The number of aromatic nitrogens is 1. The van der Waals surface area contributed by atoms with Gasteiger partial charge in [0.05, 0.1) is 0 Å². The van der Waals surface area contributed by atoms with E-state index in [9.17, 15) is 4.79 Å². The van der Waals surface area contributed by atoms with Gasteiger partial charge in [-0.2, -0.15) is 0 Å². The van der Waals surface area contributed by atoms with E-state index in [1.165, 1.54) is 11.1 Å². The van der Waals surface area contributed by atoms with E-state index in [1.807, 2.05) is 30.3 Å². The number of nitrogens with one attached hydrogen (secondary N) is 2. The molecule has 24 heavy (non-hydrogen) atoms. The molecule has 0 bridgehead atoms. The lowest BCUT2D eigenvalue weighted by atomic mass is 9.82. The second-order valence-corrected chi connectivity index (χ2v) is 7.01. The van der Waals surface area contributed by atoms with E-state index in [0.29, 0.717) is 6.54 Å². The number of pyridine rings is 1. The highest BCUT2D eigenvalue weighted by Gasteiger charge is 2.21. The molecule has 3 rings (SSSR count). The standard InChI is InChI=1S/C21H24N2O/c1-15-8-4-6-10-18(15)21(2,3)14-22-13-17-12-16-9-5-7-11-19(16)23-20(17)24/h4-12,22H,13-14H2,1-3H3,(H,23,24). The summed E-state index contributed by atoms with van der Waals surface area (Å²) in [5.41, 5.74) is 4.28. The molecule has 0 saturated heterocycles. The first-order valence-electron chi connectivity index (χ1n) is 8.35. The zero-order valence-electron chi connectivity index (χ0n) is 14.5. The van der Waals surface area contributed by atoms with Gasteiger partial charge in [0.15, 0.2) is 0 Å². The summed E-state index contributed by atoms with van der Waals surface area (Å²) >= 11 is 0. The van der Waals surface area contributed by atoms with Gasteiger partial charge < -0.3 is 10.3 Å². The van der Waals surface area contributed by atoms with Crippen molar-refractivity contribution in [1.82, 2.24) is 10.3 Å². The number of fused-ring (bicyclic) bond motifs is 1. The van der Waals surface area contributed by atoms with Gasteiger partial charge in [-0.1, -0.05) is 56.3 Å². The highest BCUT2D eigenvalue weighted by atomic mass is 16.1. The minimum Gasteiger partial charge on any atom is -0.322 e. The number of benzene rings is 2. The fourth-order valence-corrected chi connectivity index (χ4v) is 3.26. The predicted molar refractivity (Wildman–Crippen MR) is 100 cm³/mol. The highest BCUT2D eigenvalue weighted by molar-refractivity contribution is 5.78. The Morgan fingerprint density at radius 2 is 1.75 bits per heavy atom. The average molecular weight is 320 g/mol. The molecule has 1 heterocycles. The maximum absolute atomic E-state index is 12.2. The fraction of sp³-hybridized carbons (Fsp3) is 0.286. The third-order valence-corrected chi connectivity index (χ3v) is 4.59. The molecule has 3 nitrogen and oxygen atoms in total. The maximum Gasteiger partial charge on any atom is 0.252 e. The van der Waals surface area contributed by atoms with Crippen molar-refractivity contribution >= 4 is 10.9 Å². The van der Waals surface area contributed by atoms with Crippen molar-refractivity contribution in [3.63, 3.8) is 0 Å². The molecular formula is C21H24N2O. The monoisotopic (exact) mass is 320 g/mol. The number of H-pyrrole nitrogens is 1. The zero-order chi connectivity index (χ0) is 17.2. The van der Waals surface area contributed by atoms with Crippen LogP contribution in [0.4, 0.5) is 0 Å². The zero-order valence-corrected chi connectivity index (χ0v) is 14.5. The SMILES string of the molecule is Cc1ccccc1C(C)(C)CNCc1cc2ccccc2[nH]c1=O. The molecule has 124 valence electrons. The minimum absolute atomic E-state index is 0.00888. The van der Waals surface area contributed by atoms with Crippen molar-refractivity contribution in [1.29, 1.82) is 0 Å². The first kappa shape index (κ1) is 16.5. The number of hydrogen-bond donors (Lipinski definition) is 2. The molecule has 0 radical (unpaired) electrons. The minimum atomic E-state index is -0.0186. The van der Waals surface area contributed by atoms with Crippen LogP contribution in [0.1, 0.15) is 30.5 Å². The molecule has 0 saturated carbocycles. The summed E-state index contributed by atoms with van der Waals surface area (Å²) in [5.74, 6) is 0. The van der Waals surface area contributed by atoms with Gasteiger partial charge in [-0.3, -0.25) is 4.79 Å². The van der Waals surface area contributed by atoms with Gasteiger partial charge in [0.2, 0.25) is 0 Å². The van der Waals surface area contributed by atoms with Crippen LogP contribution in [0.2, 0.25) is 0 Å². The van der Waals surface area contributed by atoms with Crippen molar-refractivity contribution in [2.24, 2.45) is 0 Å². The summed E-state index contributed by atoms with van der Waals surface area (Å²) in [4.78, 5) is 15.2. The highest BCUT2D eigenvalue weighted by Crippen LogP contribution is 2.25. The van der Waals surface area contributed by atoms with Gasteiger partial charge in [-0.25, -0.2) is 0 Å². The molecule has 0 atom stereocenters. The molecule has 0 unspecified atom stereocenters. The molecule has 2 aromatic carbocycles. The molecule has 0 spiro atoms. The number of aromatic amines is 1. The van der Waals surface area contributed by atoms with Gasteiger partial charge >= 0.3 is 0 Å². The Morgan fingerprint density at radius 3 is 2.54 bits per heavy atom. The van der Waals surface area contributed by atoms with Gasteiger partial charge in [-0.15, -0.1) is 0 Å². The Balaban J connectivity index is 1.73. The van der Waals surface area contributed by atoms with Gasteiger partial charge in [0.1, 0.15) is 0 Å². The first-order chi connectivity index (χ1) is 11.5. The van der Waals surface area contributed by atoms with Crippen LogP contribution in [0.3, 0.4) is 0 Å². The molecule has 0 fully saturated rings. The molecule has 0 aliphatic rings. The van der Waals surface area contributed by atoms with Crippen molar-refractivity contribution in [3.05, 3.63) is 81.6 Å². The molecule has 0 aliphatic carbocycles. The van der Waals surface area contributed by atoms with Crippen LogP contribution < -0.4 is 10.9 Å². The van der Waals surface area contributed by atoms with E-state index in [4.69, 9.17) is 0 Å². The largest absolute Gasteiger partial charge is 0.322 e. The summed E-state index contributed by atoms with van der Waals surface area (Å²) in [5, 5.41) is 4.52. The number of para-hydroxylation sites is 1. The van der Waals surface area contributed by atoms with Crippen LogP contribution in [-0.2, 0) is 12.0 Å². The van der Waals surface area contributed by atoms with Crippen LogP contribution in [0.5, 0.6) is 0 Å². The summed E-state index contributed by atoms with van der Waals surface area (Å²) < 4.78 is 0. The average Bonchev–Trinajstić information content (AvgIpc) is 2.55. The van der Waals surface area contributed by atoms with Gasteiger partial charge in [-0.05, 0) is 35.6 Å². The van der Waals surface area contributed by atoms with Crippen molar-refractivity contribution in [2.75, 3.05) is 6.54 Å². The second-order valence-electron chi connectivity index (χ2n) is 7.01. The third-order valence-electron chi connectivity index (χ3n) is 4.59. The summed E-state index contributed by atoms with van der Waals surface area (Å²) in [6.45, 7) is 7.98. The van der Waals surface area contributed by atoms with Crippen molar-refractivity contribution in [3.8, 4) is 0 Å². The van der Waals surface area contributed by atoms with E-state index in [-0.39, 0.29) is 11.0 Å². The fourth-order valence-electron chi connectivity index (χ4n) is 3.26. The molecule has 2 N–H and O–H groups in total. The second kappa shape index (κ2) is 6.62. The Kier molecular flexibility index (Phi) is 4.54. The summed E-state index contributed by atoms with van der Waals surface area (Å²) in [7, 11) is 0. The normalized spacial score (nSPS) is 11.8. The smallest absolute Gasteiger partial charge is 0.252 e.